The van der Waals surface area contributed by atoms with Gasteiger partial charge >= 0.3 is 5.97 Å². The van der Waals surface area contributed by atoms with Gasteiger partial charge in [0, 0.05) is 12.1 Å². The molecule has 0 amide bonds. The van der Waals surface area contributed by atoms with Crippen LogP contribution in [0.25, 0.3) is 0 Å². The maximum atomic E-state index is 11.6. The number of nitrogens with zero attached hydrogens (tertiary/aromatic N) is 1. The number of hydrogen-bond acceptors (Lipinski definition) is 5. The maximum Gasteiger partial charge on any atom is 0.329 e. The molecule has 0 heterocycles. The number of rotatable bonds is 5. The van der Waals surface area contributed by atoms with E-state index in [4.69, 9.17) is 16.3 Å². The Balaban J connectivity index is 2.95. The molecule has 0 saturated heterocycles. The van der Waals surface area contributed by atoms with E-state index in [1.807, 2.05) is 0 Å². The number of non-ortho nitro benzene ring substituents is 1. The van der Waals surface area contributed by atoms with Gasteiger partial charge in [0.15, 0.2) is 4.87 Å². The summed E-state index contributed by atoms with van der Waals surface area (Å²) in [5.74, 6) is -0.748. The third kappa shape index (κ3) is 3.42. The van der Waals surface area contributed by atoms with Crippen molar-refractivity contribution in [1.82, 2.24) is 0 Å². The second-order valence-corrected chi connectivity index (χ2v) is 4.83. The second-order valence-electron chi connectivity index (χ2n) is 4.05. The fourth-order valence-electron chi connectivity index (χ4n) is 1.48. The van der Waals surface area contributed by atoms with Gasteiger partial charge in [0.2, 0.25) is 0 Å². The Morgan fingerprint density at radius 2 is 2.05 bits per heavy atom. The lowest BCUT2D eigenvalue weighted by Crippen LogP contribution is -2.37. The highest BCUT2D eigenvalue weighted by atomic mass is 35.5. The average Bonchev–Trinajstić information content (AvgIpc) is 2.38. The first-order valence-electron chi connectivity index (χ1n) is 5.59. The van der Waals surface area contributed by atoms with Crippen LogP contribution in [0.3, 0.4) is 0 Å². The van der Waals surface area contributed by atoms with Gasteiger partial charge in [-0.05, 0) is 31.5 Å². The molecule has 0 saturated carbocycles. The molecule has 1 N–H and O–H groups in total. The predicted molar refractivity (Wildman–Crippen MR) is 68.9 cm³/mol. The predicted octanol–water partition coefficient (Wildman–Crippen LogP) is 2.19. The zero-order valence-corrected chi connectivity index (χ0v) is 11.3. The average molecular weight is 288 g/mol. The van der Waals surface area contributed by atoms with Crippen molar-refractivity contribution in [2.24, 2.45) is 0 Å². The Morgan fingerprint density at radius 3 is 2.47 bits per heavy atom. The molecule has 0 bridgehead atoms. The molecule has 1 rings (SSSR count). The van der Waals surface area contributed by atoms with Crippen molar-refractivity contribution in [2.45, 2.75) is 24.8 Å². The normalized spacial score (nSPS) is 15.4. The summed E-state index contributed by atoms with van der Waals surface area (Å²) in [5, 5.41) is 20.6. The molecule has 104 valence electrons. The molecule has 0 aliphatic carbocycles. The number of aliphatic hydroxyl groups excluding tert-OH is 1. The number of alkyl halides is 1. The van der Waals surface area contributed by atoms with Gasteiger partial charge in [-0.3, -0.25) is 14.9 Å². The summed E-state index contributed by atoms with van der Waals surface area (Å²) in [7, 11) is 0. The van der Waals surface area contributed by atoms with E-state index in [-0.39, 0.29) is 12.3 Å². The van der Waals surface area contributed by atoms with Gasteiger partial charge in [-0.15, -0.1) is 11.6 Å². The number of ether oxygens (including phenoxy) is 1. The lowest BCUT2D eigenvalue weighted by Gasteiger charge is -2.25. The second kappa shape index (κ2) is 5.99. The molecule has 2 atom stereocenters. The van der Waals surface area contributed by atoms with Crippen LogP contribution in [0, 0.1) is 10.1 Å². The number of carbonyl (C=O) groups is 1. The Kier molecular flexibility index (Phi) is 4.85. The topological polar surface area (TPSA) is 89.7 Å². The minimum absolute atomic E-state index is 0.108. The van der Waals surface area contributed by atoms with Crippen LogP contribution in [0.5, 0.6) is 0 Å². The number of carbonyl (C=O) groups excluding carboxylic acids is 1. The van der Waals surface area contributed by atoms with Gasteiger partial charge in [0.05, 0.1) is 11.5 Å². The number of halogens is 1. The minimum atomic E-state index is -1.65. The van der Waals surface area contributed by atoms with Crippen LogP contribution in [-0.2, 0) is 9.53 Å². The van der Waals surface area contributed by atoms with Crippen LogP contribution >= 0.6 is 11.6 Å². The fourth-order valence-corrected chi connectivity index (χ4v) is 1.66. The first kappa shape index (κ1) is 15.4. The molecule has 0 radical (unpaired) electrons. The summed E-state index contributed by atoms with van der Waals surface area (Å²) < 4.78 is 4.77. The van der Waals surface area contributed by atoms with E-state index in [0.29, 0.717) is 5.56 Å². The fraction of sp³-hybridized carbons (Fsp3) is 0.417. The summed E-state index contributed by atoms with van der Waals surface area (Å²) in [6.45, 7) is 3.11. The molecule has 0 aromatic heterocycles. The Labute approximate surface area is 115 Å². The van der Waals surface area contributed by atoms with Crippen LogP contribution in [0.15, 0.2) is 24.3 Å². The molecule has 1 aromatic rings. The van der Waals surface area contributed by atoms with Crippen molar-refractivity contribution >= 4 is 23.3 Å². The largest absolute Gasteiger partial charge is 0.465 e. The summed E-state index contributed by atoms with van der Waals surface area (Å²) in [6.07, 6.45) is -1.32. The van der Waals surface area contributed by atoms with E-state index >= 15 is 0 Å². The standard InChI is InChI=1S/C12H14ClNO5/c1-3-19-11(16)12(2,13)10(15)8-4-6-9(7-5-8)14(17)18/h4-7,10,15H,3H2,1-2H3. The maximum absolute atomic E-state index is 11.6. The van der Waals surface area contributed by atoms with Crippen molar-refractivity contribution in [1.29, 1.82) is 0 Å². The molecular formula is C12H14ClNO5. The zero-order chi connectivity index (χ0) is 14.6. The van der Waals surface area contributed by atoms with Crippen molar-refractivity contribution < 1.29 is 19.6 Å². The molecule has 0 aliphatic rings. The van der Waals surface area contributed by atoms with E-state index in [0.717, 1.165) is 0 Å². The number of nitro benzene ring substituents is 1. The number of aliphatic hydroxyl groups is 1. The first-order chi connectivity index (χ1) is 8.80. The van der Waals surface area contributed by atoms with Crippen LogP contribution in [0.2, 0.25) is 0 Å². The van der Waals surface area contributed by atoms with Gasteiger partial charge in [-0.2, -0.15) is 0 Å². The van der Waals surface area contributed by atoms with Gasteiger partial charge in [-0.25, -0.2) is 0 Å². The van der Waals surface area contributed by atoms with Crippen molar-refractivity contribution in [3.05, 3.63) is 39.9 Å². The molecule has 6 nitrogen and oxygen atoms in total. The van der Waals surface area contributed by atoms with Gasteiger partial charge in [0.25, 0.3) is 5.69 Å². The van der Waals surface area contributed by atoms with Crippen LogP contribution in [-0.4, -0.2) is 27.5 Å². The summed E-state index contributed by atoms with van der Waals surface area (Å²) >= 11 is 5.99. The zero-order valence-electron chi connectivity index (χ0n) is 10.5. The Bertz CT molecular complexity index is 472. The van der Waals surface area contributed by atoms with Gasteiger partial charge in [-0.1, -0.05) is 0 Å². The number of nitro groups is 1. The molecule has 0 spiro atoms. The number of esters is 1. The quantitative estimate of drug-likeness (QED) is 0.388. The van der Waals surface area contributed by atoms with E-state index in [9.17, 15) is 20.0 Å². The molecule has 0 fully saturated rings. The summed E-state index contributed by atoms with van der Waals surface area (Å²) in [6, 6.07) is 5.17. The lowest BCUT2D eigenvalue weighted by atomic mass is 9.96. The third-order valence-electron chi connectivity index (χ3n) is 2.61. The molecule has 2 unspecified atom stereocenters. The molecular weight excluding hydrogens is 274 g/mol. The first-order valence-corrected chi connectivity index (χ1v) is 5.97. The van der Waals surface area contributed by atoms with E-state index in [1.54, 1.807) is 6.92 Å². The Hall–Kier alpha value is -1.66. The minimum Gasteiger partial charge on any atom is -0.465 e. The smallest absolute Gasteiger partial charge is 0.329 e. The van der Waals surface area contributed by atoms with Crippen LogP contribution in [0.1, 0.15) is 25.5 Å². The van der Waals surface area contributed by atoms with Crippen LogP contribution in [0.4, 0.5) is 5.69 Å². The molecule has 0 aliphatic heterocycles. The molecule has 19 heavy (non-hydrogen) atoms. The number of benzene rings is 1. The monoisotopic (exact) mass is 287 g/mol. The third-order valence-corrected chi connectivity index (χ3v) is 2.97. The highest BCUT2D eigenvalue weighted by Crippen LogP contribution is 2.33. The van der Waals surface area contributed by atoms with Gasteiger partial charge < -0.3 is 9.84 Å². The van der Waals surface area contributed by atoms with Gasteiger partial charge in [0.1, 0.15) is 6.10 Å². The SMILES string of the molecule is CCOC(=O)C(C)(Cl)C(O)c1ccc([N+](=O)[O-])cc1. The van der Waals surface area contributed by atoms with Crippen molar-refractivity contribution in [2.75, 3.05) is 6.61 Å². The summed E-state index contributed by atoms with van der Waals surface area (Å²) in [5.41, 5.74) is 0.194. The lowest BCUT2D eigenvalue weighted by molar-refractivity contribution is -0.384. The van der Waals surface area contributed by atoms with Crippen molar-refractivity contribution in [3.63, 3.8) is 0 Å². The van der Waals surface area contributed by atoms with E-state index < -0.39 is 21.9 Å². The van der Waals surface area contributed by atoms with Crippen molar-refractivity contribution in [3.8, 4) is 0 Å². The van der Waals surface area contributed by atoms with Crippen LogP contribution < -0.4 is 0 Å². The molecule has 7 heteroatoms. The van der Waals surface area contributed by atoms with E-state index in [1.165, 1.54) is 31.2 Å². The molecule has 1 aromatic carbocycles. The Morgan fingerprint density at radius 1 is 1.53 bits per heavy atom. The van der Waals surface area contributed by atoms with E-state index in [2.05, 4.69) is 0 Å². The highest BCUT2D eigenvalue weighted by Gasteiger charge is 2.41. The highest BCUT2D eigenvalue weighted by molar-refractivity contribution is 6.34. The summed E-state index contributed by atoms with van der Waals surface area (Å²) in [4.78, 5) is 19.9. The number of hydrogen-bond donors (Lipinski definition) is 1.